The first-order valence-corrected chi connectivity index (χ1v) is 12.3. The molecule has 2 atom stereocenters. The van der Waals surface area contributed by atoms with Gasteiger partial charge in [0.25, 0.3) is 0 Å². The van der Waals surface area contributed by atoms with E-state index in [-0.39, 0.29) is 19.3 Å². The van der Waals surface area contributed by atoms with E-state index in [0.29, 0.717) is 11.5 Å². The van der Waals surface area contributed by atoms with Crippen molar-refractivity contribution in [2.24, 2.45) is 11.7 Å². The molecule has 11 heteroatoms. The van der Waals surface area contributed by atoms with E-state index in [4.69, 9.17) is 20.5 Å². The van der Waals surface area contributed by atoms with Crippen LogP contribution in [0, 0.1) is 5.92 Å². The molecule has 11 nitrogen and oxygen atoms in total. The van der Waals surface area contributed by atoms with Gasteiger partial charge in [0, 0.05) is 37.3 Å². The largest absolute Gasteiger partial charge is 0.481 e. The predicted molar refractivity (Wildman–Crippen MR) is 139 cm³/mol. The quantitative estimate of drug-likeness (QED) is 0.227. The third-order valence-corrected chi connectivity index (χ3v) is 6.09. The van der Waals surface area contributed by atoms with Crippen molar-refractivity contribution in [3.05, 3.63) is 66.4 Å². The maximum Gasteiger partial charge on any atom is 0.304 e. The zero-order chi connectivity index (χ0) is 28.4. The summed E-state index contributed by atoms with van der Waals surface area (Å²) in [4.78, 5) is 58.8. The Morgan fingerprint density at radius 3 is 2.10 bits per heavy atom. The fraction of sp³-hybridized carbons (Fsp3) is 0.286. The van der Waals surface area contributed by atoms with Gasteiger partial charge in [-0.25, -0.2) is 0 Å². The van der Waals surface area contributed by atoms with Gasteiger partial charge in [0.05, 0.1) is 18.4 Å². The lowest BCUT2D eigenvalue weighted by atomic mass is 9.93. The van der Waals surface area contributed by atoms with Crippen LogP contribution in [0.3, 0.4) is 0 Å². The summed E-state index contributed by atoms with van der Waals surface area (Å²) in [6.07, 6.45) is -1.71. The molecule has 39 heavy (non-hydrogen) atoms. The number of ketones is 1. The minimum atomic E-state index is -1.31. The second kappa shape index (κ2) is 13.7. The van der Waals surface area contributed by atoms with E-state index in [1.807, 2.05) is 54.6 Å². The zero-order valence-corrected chi connectivity index (χ0v) is 21.0. The number of Topliss-reactive ketones (excluding diaryl/α,β-unsaturated/α-hetero) is 1. The molecule has 0 aliphatic heterocycles. The summed E-state index contributed by atoms with van der Waals surface area (Å²) in [6.45, 7) is 0. The number of hydrogen-bond acceptors (Lipinski definition) is 7. The third kappa shape index (κ3) is 8.92. The number of hydrogen-bond donors (Lipinski definition) is 4. The number of aliphatic carboxylic acids is 2. The van der Waals surface area contributed by atoms with Crippen LogP contribution in [0.15, 0.2) is 65.2 Å². The Morgan fingerprint density at radius 2 is 1.49 bits per heavy atom. The average molecular weight is 536 g/mol. The first-order valence-electron chi connectivity index (χ1n) is 12.3. The Labute approximate surface area is 224 Å². The molecule has 204 valence electrons. The zero-order valence-electron chi connectivity index (χ0n) is 21.0. The van der Waals surface area contributed by atoms with Crippen LogP contribution >= 0.6 is 0 Å². The smallest absolute Gasteiger partial charge is 0.304 e. The molecule has 2 amide bonds. The van der Waals surface area contributed by atoms with E-state index in [1.54, 1.807) is 6.07 Å². The number of carbonyl (C=O) groups is 5. The fourth-order valence-corrected chi connectivity index (χ4v) is 3.98. The fourth-order valence-electron chi connectivity index (χ4n) is 3.98. The summed E-state index contributed by atoms with van der Waals surface area (Å²) in [5.74, 6) is -5.50. The number of carbonyl (C=O) groups excluding carboxylic acids is 3. The molecule has 0 radical (unpaired) electrons. The highest BCUT2D eigenvalue weighted by molar-refractivity contribution is 5.93. The van der Waals surface area contributed by atoms with Crippen LogP contribution < -0.4 is 11.1 Å². The first-order chi connectivity index (χ1) is 18.6. The van der Waals surface area contributed by atoms with Crippen molar-refractivity contribution >= 4 is 29.5 Å². The van der Waals surface area contributed by atoms with Crippen molar-refractivity contribution in [1.82, 2.24) is 10.5 Å². The number of nitrogens with one attached hydrogen (secondary N) is 1. The van der Waals surface area contributed by atoms with Gasteiger partial charge in [-0.2, -0.15) is 0 Å². The molecule has 3 aromatic rings. The molecule has 5 N–H and O–H groups in total. The molecular weight excluding hydrogens is 506 g/mol. The standard InChI is InChI=1S/C28H29N3O8/c29-28(38)20(15-27(36)37)14-24(32)22(11-13-26(34)35)30-25(33)12-10-21-16-23(31-39-21)19-8-6-18(7-9-19)17-4-2-1-3-5-17/h1-9,16,20,22H,10-15H2,(H2,29,38)(H,30,33)(H,34,35)(H,36,37)/t20-,22-/m0/s1. The predicted octanol–water partition coefficient (Wildman–Crippen LogP) is 2.83. The van der Waals surface area contributed by atoms with Crippen molar-refractivity contribution in [2.75, 3.05) is 0 Å². The molecule has 0 fully saturated rings. The molecular formula is C28H29N3O8. The lowest BCUT2D eigenvalue weighted by Crippen LogP contribution is -2.43. The molecule has 1 heterocycles. The van der Waals surface area contributed by atoms with Gasteiger partial charge in [-0.1, -0.05) is 59.8 Å². The maximum absolute atomic E-state index is 12.7. The molecule has 0 aliphatic carbocycles. The minimum absolute atomic E-state index is 0.0766. The summed E-state index contributed by atoms with van der Waals surface area (Å²) >= 11 is 0. The minimum Gasteiger partial charge on any atom is -0.481 e. The van der Waals surface area contributed by atoms with E-state index in [0.717, 1.165) is 16.7 Å². The van der Waals surface area contributed by atoms with Gasteiger partial charge >= 0.3 is 11.9 Å². The van der Waals surface area contributed by atoms with Crippen molar-refractivity contribution in [3.63, 3.8) is 0 Å². The van der Waals surface area contributed by atoms with Gasteiger partial charge in [-0.05, 0) is 17.5 Å². The first kappa shape index (κ1) is 28.8. The molecule has 2 aromatic carbocycles. The number of primary amides is 1. The second-order valence-corrected chi connectivity index (χ2v) is 9.04. The van der Waals surface area contributed by atoms with E-state index >= 15 is 0 Å². The van der Waals surface area contributed by atoms with Gasteiger partial charge in [0.2, 0.25) is 11.8 Å². The normalized spacial score (nSPS) is 12.3. The maximum atomic E-state index is 12.7. The van der Waals surface area contributed by atoms with Crippen molar-refractivity contribution < 1.29 is 38.7 Å². The number of nitrogens with two attached hydrogens (primary N) is 1. The molecule has 0 bridgehead atoms. The molecule has 0 saturated carbocycles. The topological polar surface area (TPSA) is 190 Å². The number of nitrogens with zero attached hydrogens (tertiary/aromatic N) is 1. The van der Waals surface area contributed by atoms with Gasteiger partial charge < -0.3 is 25.8 Å². The number of rotatable bonds is 15. The van der Waals surface area contributed by atoms with Crippen LogP contribution in [-0.4, -0.2) is 50.9 Å². The van der Waals surface area contributed by atoms with Crippen LogP contribution in [0.4, 0.5) is 0 Å². The van der Waals surface area contributed by atoms with Crippen molar-refractivity contribution in [3.8, 4) is 22.4 Å². The van der Waals surface area contributed by atoms with E-state index in [2.05, 4.69) is 10.5 Å². The second-order valence-electron chi connectivity index (χ2n) is 9.04. The Balaban J connectivity index is 1.58. The van der Waals surface area contributed by atoms with Gasteiger partial charge in [0.15, 0.2) is 5.78 Å². The number of amides is 2. The lowest BCUT2D eigenvalue weighted by molar-refractivity contribution is -0.141. The van der Waals surface area contributed by atoms with E-state index in [1.165, 1.54) is 0 Å². The SMILES string of the molecule is NC(=O)[C@H](CC(=O)O)CC(=O)[C@H](CCC(=O)O)NC(=O)CCc1cc(-c2ccc(-c3ccccc3)cc2)no1. The molecule has 0 unspecified atom stereocenters. The van der Waals surface area contributed by atoms with Crippen LogP contribution in [0.1, 0.15) is 37.9 Å². The Morgan fingerprint density at radius 1 is 0.846 bits per heavy atom. The summed E-state index contributed by atoms with van der Waals surface area (Å²) < 4.78 is 5.35. The summed E-state index contributed by atoms with van der Waals surface area (Å²) in [5.41, 5.74) is 8.76. The van der Waals surface area contributed by atoms with E-state index < -0.39 is 60.8 Å². The van der Waals surface area contributed by atoms with Crippen LogP contribution in [0.25, 0.3) is 22.4 Å². The van der Waals surface area contributed by atoms with Crippen molar-refractivity contribution in [2.45, 2.75) is 44.6 Å². The Hall–Kier alpha value is -4.80. The number of carboxylic acid groups (broad SMARTS) is 2. The highest BCUT2D eigenvalue weighted by Crippen LogP contribution is 2.25. The highest BCUT2D eigenvalue weighted by atomic mass is 16.5. The van der Waals surface area contributed by atoms with Crippen LogP contribution in [0.5, 0.6) is 0 Å². The summed E-state index contributed by atoms with van der Waals surface area (Å²) in [6, 6.07) is 18.2. The number of aromatic nitrogens is 1. The molecule has 3 rings (SSSR count). The molecule has 1 aromatic heterocycles. The summed E-state index contributed by atoms with van der Waals surface area (Å²) in [5, 5.41) is 24.5. The molecule has 0 saturated heterocycles. The Kier molecular flexibility index (Phi) is 10.1. The van der Waals surface area contributed by atoms with Gasteiger partial charge in [-0.15, -0.1) is 0 Å². The van der Waals surface area contributed by atoms with Gasteiger partial charge in [-0.3, -0.25) is 24.0 Å². The van der Waals surface area contributed by atoms with Crippen LogP contribution in [-0.2, 0) is 30.4 Å². The molecule has 0 spiro atoms. The Bertz CT molecular complexity index is 1320. The van der Waals surface area contributed by atoms with Gasteiger partial charge in [0.1, 0.15) is 11.5 Å². The monoisotopic (exact) mass is 535 g/mol. The average Bonchev–Trinajstić information content (AvgIpc) is 3.38. The number of benzene rings is 2. The number of carboxylic acids is 2. The lowest BCUT2D eigenvalue weighted by Gasteiger charge is -2.19. The highest BCUT2D eigenvalue weighted by Gasteiger charge is 2.28. The van der Waals surface area contributed by atoms with Crippen molar-refractivity contribution in [1.29, 1.82) is 0 Å². The molecule has 0 aliphatic rings. The van der Waals surface area contributed by atoms with E-state index in [9.17, 15) is 24.0 Å². The van der Waals surface area contributed by atoms with Crippen LogP contribution in [0.2, 0.25) is 0 Å². The number of aryl methyl sites for hydroxylation is 1. The third-order valence-electron chi connectivity index (χ3n) is 6.09. The summed E-state index contributed by atoms with van der Waals surface area (Å²) in [7, 11) is 0.